The highest BCUT2D eigenvalue weighted by atomic mass is 79.9. The molecule has 21 heavy (non-hydrogen) atoms. The molecule has 2 rings (SSSR count). The predicted molar refractivity (Wildman–Crippen MR) is 87.1 cm³/mol. The molecule has 0 fully saturated rings. The average molecular weight is 352 g/mol. The molecular formula is C17H19BrFNO. The molecule has 2 aromatic rings. The first kappa shape index (κ1) is 16.0. The summed E-state index contributed by atoms with van der Waals surface area (Å²) in [6.07, 6.45) is 0.887. The van der Waals surface area contributed by atoms with Gasteiger partial charge in [0.2, 0.25) is 0 Å². The van der Waals surface area contributed by atoms with E-state index in [0.29, 0.717) is 6.61 Å². The van der Waals surface area contributed by atoms with Crippen LogP contribution in [0, 0.1) is 5.82 Å². The lowest BCUT2D eigenvalue weighted by molar-refractivity contribution is 0.338. The van der Waals surface area contributed by atoms with Gasteiger partial charge in [-0.1, -0.05) is 18.2 Å². The Labute approximate surface area is 133 Å². The Hall–Kier alpha value is -1.39. The van der Waals surface area contributed by atoms with E-state index in [0.717, 1.165) is 35.3 Å². The van der Waals surface area contributed by atoms with Gasteiger partial charge in [0.05, 0.1) is 11.1 Å². The maximum absolute atomic E-state index is 12.8. The summed E-state index contributed by atoms with van der Waals surface area (Å²) < 4.78 is 19.3. The number of hydrogen-bond donors (Lipinski definition) is 1. The van der Waals surface area contributed by atoms with E-state index in [2.05, 4.69) is 33.4 Å². The van der Waals surface area contributed by atoms with Crippen molar-refractivity contribution in [3.8, 4) is 5.75 Å². The molecule has 0 aliphatic carbocycles. The standard InChI is InChI=1S/C17H19BrFNO/c1-2-21-17-8-5-14(11-16(17)18)12-20-10-9-13-3-6-15(19)7-4-13/h3-8,11,20H,2,9-10,12H2,1H3. The highest BCUT2D eigenvalue weighted by Gasteiger charge is 2.02. The van der Waals surface area contributed by atoms with Gasteiger partial charge in [-0.25, -0.2) is 4.39 Å². The lowest BCUT2D eigenvalue weighted by atomic mass is 10.1. The molecule has 2 aromatic carbocycles. The van der Waals surface area contributed by atoms with E-state index in [9.17, 15) is 4.39 Å². The van der Waals surface area contributed by atoms with Crippen LogP contribution in [0.3, 0.4) is 0 Å². The van der Waals surface area contributed by atoms with Crippen molar-refractivity contribution in [3.63, 3.8) is 0 Å². The summed E-state index contributed by atoms with van der Waals surface area (Å²) in [4.78, 5) is 0. The zero-order chi connectivity index (χ0) is 15.1. The van der Waals surface area contributed by atoms with Gasteiger partial charge in [-0.3, -0.25) is 0 Å². The van der Waals surface area contributed by atoms with Crippen LogP contribution in [-0.2, 0) is 13.0 Å². The topological polar surface area (TPSA) is 21.3 Å². The molecule has 0 aliphatic heterocycles. The second-order valence-electron chi connectivity index (χ2n) is 4.75. The first-order valence-electron chi connectivity index (χ1n) is 7.05. The molecule has 4 heteroatoms. The quantitative estimate of drug-likeness (QED) is 0.750. The van der Waals surface area contributed by atoms with Crippen LogP contribution in [0.15, 0.2) is 46.9 Å². The maximum Gasteiger partial charge on any atom is 0.133 e. The molecule has 0 spiro atoms. The Kier molecular flexibility index (Phi) is 6.21. The summed E-state index contributed by atoms with van der Waals surface area (Å²) >= 11 is 3.51. The fraction of sp³-hybridized carbons (Fsp3) is 0.294. The van der Waals surface area contributed by atoms with Crippen molar-refractivity contribution in [1.82, 2.24) is 5.32 Å². The highest BCUT2D eigenvalue weighted by molar-refractivity contribution is 9.10. The van der Waals surface area contributed by atoms with E-state index >= 15 is 0 Å². The summed E-state index contributed by atoms with van der Waals surface area (Å²) in [5.74, 6) is 0.679. The number of nitrogens with one attached hydrogen (secondary N) is 1. The number of hydrogen-bond acceptors (Lipinski definition) is 2. The molecule has 0 bridgehead atoms. The minimum absolute atomic E-state index is 0.189. The predicted octanol–water partition coefficient (Wildman–Crippen LogP) is 4.32. The third-order valence-electron chi connectivity index (χ3n) is 3.13. The third kappa shape index (κ3) is 5.14. The highest BCUT2D eigenvalue weighted by Crippen LogP contribution is 2.25. The van der Waals surface area contributed by atoms with Crippen LogP contribution < -0.4 is 10.1 Å². The minimum Gasteiger partial charge on any atom is -0.493 e. The smallest absolute Gasteiger partial charge is 0.133 e. The SMILES string of the molecule is CCOc1ccc(CNCCc2ccc(F)cc2)cc1Br. The molecule has 0 aromatic heterocycles. The van der Waals surface area contributed by atoms with Crippen molar-refractivity contribution in [3.05, 3.63) is 63.9 Å². The van der Waals surface area contributed by atoms with Crippen LogP contribution in [-0.4, -0.2) is 13.2 Å². The van der Waals surface area contributed by atoms with Gasteiger partial charge in [-0.2, -0.15) is 0 Å². The molecule has 0 radical (unpaired) electrons. The van der Waals surface area contributed by atoms with Gasteiger partial charge in [0, 0.05) is 6.54 Å². The Morgan fingerprint density at radius 3 is 2.48 bits per heavy atom. The van der Waals surface area contributed by atoms with Gasteiger partial charge in [0.1, 0.15) is 11.6 Å². The van der Waals surface area contributed by atoms with Crippen molar-refractivity contribution in [2.45, 2.75) is 19.9 Å². The van der Waals surface area contributed by atoms with E-state index in [1.165, 1.54) is 17.7 Å². The van der Waals surface area contributed by atoms with Crippen molar-refractivity contribution in [1.29, 1.82) is 0 Å². The van der Waals surface area contributed by atoms with Gasteiger partial charge < -0.3 is 10.1 Å². The lowest BCUT2D eigenvalue weighted by Crippen LogP contribution is -2.16. The molecule has 0 unspecified atom stereocenters. The van der Waals surface area contributed by atoms with Crippen molar-refractivity contribution >= 4 is 15.9 Å². The zero-order valence-corrected chi connectivity index (χ0v) is 13.6. The molecule has 0 atom stereocenters. The number of rotatable bonds is 7. The largest absolute Gasteiger partial charge is 0.493 e. The maximum atomic E-state index is 12.8. The molecular weight excluding hydrogens is 333 g/mol. The Balaban J connectivity index is 1.78. The van der Waals surface area contributed by atoms with E-state index in [1.54, 1.807) is 0 Å². The molecule has 0 saturated carbocycles. The van der Waals surface area contributed by atoms with Crippen molar-refractivity contribution < 1.29 is 9.13 Å². The van der Waals surface area contributed by atoms with Crippen LogP contribution in [0.4, 0.5) is 4.39 Å². The van der Waals surface area contributed by atoms with Crippen LogP contribution in [0.5, 0.6) is 5.75 Å². The van der Waals surface area contributed by atoms with Crippen molar-refractivity contribution in [2.24, 2.45) is 0 Å². The fourth-order valence-corrected chi connectivity index (χ4v) is 2.58. The minimum atomic E-state index is -0.189. The molecule has 2 nitrogen and oxygen atoms in total. The average Bonchev–Trinajstić information content (AvgIpc) is 2.48. The number of ether oxygens (including phenoxy) is 1. The Morgan fingerprint density at radius 1 is 1.10 bits per heavy atom. The molecule has 112 valence electrons. The number of halogens is 2. The Bertz CT molecular complexity index is 572. The summed E-state index contributed by atoms with van der Waals surface area (Å²) in [6.45, 7) is 4.29. The van der Waals surface area contributed by atoms with E-state index in [4.69, 9.17) is 4.74 Å². The van der Waals surface area contributed by atoms with Gasteiger partial charge in [-0.05, 0) is 71.2 Å². The first-order valence-corrected chi connectivity index (χ1v) is 7.84. The van der Waals surface area contributed by atoms with E-state index in [-0.39, 0.29) is 5.82 Å². The lowest BCUT2D eigenvalue weighted by Gasteiger charge is -2.09. The van der Waals surface area contributed by atoms with Gasteiger partial charge in [0.25, 0.3) is 0 Å². The second-order valence-corrected chi connectivity index (χ2v) is 5.61. The summed E-state index contributed by atoms with van der Waals surface area (Å²) in [7, 11) is 0. The second kappa shape index (κ2) is 8.15. The molecule has 0 aliphatic rings. The normalized spacial score (nSPS) is 10.6. The molecule has 1 N–H and O–H groups in total. The molecule has 0 amide bonds. The van der Waals surface area contributed by atoms with Crippen LogP contribution in [0.1, 0.15) is 18.1 Å². The van der Waals surface area contributed by atoms with Crippen LogP contribution in [0.2, 0.25) is 0 Å². The monoisotopic (exact) mass is 351 g/mol. The summed E-state index contributed by atoms with van der Waals surface area (Å²) in [6, 6.07) is 12.7. The summed E-state index contributed by atoms with van der Waals surface area (Å²) in [5.41, 5.74) is 2.33. The van der Waals surface area contributed by atoms with E-state index in [1.807, 2.05) is 25.1 Å². The van der Waals surface area contributed by atoms with Gasteiger partial charge in [0.15, 0.2) is 0 Å². The van der Waals surface area contributed by atoms with Crippen LogP contribution in [0.25, 0.3) is 0 Å². The van der Waals surface area contributed by atoms with Gasteiger partial charge >= 0.3 is 0 Å². The number of benzene rings is 2. The van der Waals surface area contributed by atoms with Crippen molar-refractivity contribution in [2.75, 3.05) is 13.2 Å². The molecule has 0 heterocycles. The third-order valence-corrected chi connectivity index (χ3v) is 3.75. The fourth-order valence-electron chi connectivity index (χ4n) is 2.04. The first-order chi connectivity index (χ1) is 10.2. The zero-order valence-electron chi connectivity index (χ0n) is 12.0. The Morgan fingerprint density at radius 2 is 1.81 bits per heavy atom. The molecule has 0 saturated heterocycles. The van der Waals surface area contributed by atoms with E-state index < -0.39 is 0 Å². The van der Waals surface area contributed by atoms with Crippen LogP contribution >= 0.6 is 15.9 Å². The van der Waals surface area contributed by atoms with Gasteiger partial charge in [-0.15, -0.1) is 0 Å². The summed E-state index contributed by atoms with van der Waals surface area (Å²) in [5, 5.41) is 3.39.